The third kappa shape index (κ3) is 1.74. The van der Waals surface area contributed by atoms with Crippen LogP contribution in [0.1, 0.15) is 0 Å². The van der Waals surface area contributed by atoms with E-state index in [9.17, 15) is 0 Å². The molecule has 0 amide bonds. The van der Waals surface area contributed by atoms with E-state index in [2.05, 4.69) is 16.5 Å². The van der Waals surface area contributed by atoms with Gasteiger partial charge in [-0.05, 0) is 36.4 Å². The highest BCUT2D eigenvalue weighted by Gasteiger charge is 2.15. The molecule has 0 aliphatic carbocycles. The van der Waals surface area contributed by atoms with Gasteiger partial charge in [-0.3, -0.25) is 4.40 Å². The number of nitrogens with zero attached hydrogens (tertiary/aromatic N) is 3. The highest BCUT2D eigenvalue weighted by molar-refractivity contribution is 5.98. The molecule has 24 heavy (non-hydrogen) atoms. The fraction of sp³-hybridized carbons (Fsp3) is 0. The lowest BCUT2D eigenvalue weighted by Gasteiger charge is -2.10. The average Bonchev–Trinajstić information content (AvgIpc) is 3.01. The van der Waals surface area contributed by atoms with Gasteiger partial charge < -0.3 is 5.73 Å². The number of rotatable bonds is 1. The number of aromatic nitrogens is 3. The van der Waals surface area contributed by atoms with Crippen LogP contribution in [-0.4, -0.2) is 14.4 Å². The van der Waals surface area contributed by atoms with Crippen molar-refractivity contribution in [1.29, 1.82) is 0 Å². The van der Waals surface area contributed by atoms with Crippen LogP contribution < -0.4 is 5.73 Å². The van der Waals surface area contributed by atoms with Gasteiger partial charge in [-0.2, -0.15) is 0 Å². The zero-order chi connectivity index (χ0) is 16.1. The van der Waals surface area contributed by atoms with E-state index in [4.69, 9.17) is 15.7 Å². The smallest absolute Gasteiger partial charge is 0.149 e. The van der Waals surface area contributed by atoms with E-state index in [1.807, 2.05) is 60.7 Å². The lowest BCUT2D eigenvalue weighted by atomic mass is 10.1. The first-order chi connectivity index (χ1) is 11.8. The first-order valence-corrected chi connectivity index (χ1v) is 7.84. The van der Waals surface area contributed by atoms with Gasteiger partial charge in [0.1, 0.15) is 11.5 Å². The number of hydrogen-bond donors (Lipinski definition) is 1. The van der Waals surface area contributed by atoms with E-state index in [0.29, 0.717) is 5.69 Å². The Labute approximate surface area is 138 Å². The maximum atomic E-state index is 6.23. The molecule has 0 saturated carbocycles. The van der Waals surface area contributed by atoms with Gasteiger partial charge in [-0.25, -0.2) is 9.97 Å². The Morgan fingerprint density at radius 3 is 2.29 bits per heavy atom. The van der Waals surface area contributed by atoms with Crippen LogP contribution in [0.2, 0.25) is 0 Å². The molecule has 3 aromatic carbocycles. The largest absolute Gasteiger partial charge is 0.398 e. The number of fused-ring (bicyclic) bond motifs is 5. The molecule has 0 unspecified atom stereocenters. The van der Waals surface area contributed by atoms with Gasteiger partial charge in [-0.1, -0.05) is 36.4 Å². The molecule has 0 fully saturated rings. The Kier molecular flexibility index (Phi) is 2.61. The third-order valence-electron chi connectivity index (χ3n) is 4.35. The van der Waals surface area contributed by atoms with Crippen molar-refractivity contribution < 1.29 is 0 Å². The SMILES string of the molecule is Nc1ccccc1-c1nc2ccccc2c2nc3ccccc3n12. The van der Waals surface area contributed by atoms with Crippen LogP contribution in [0, 0.1) is 0 Å². The lowest BCUT2D eigenvalue weighted by molar-refractivity contribution is 1.16. The predicted molar refractivity (Wildman–Crippen MR) is 97.8 cm³/mol. The molecule has 0 spiro atoms. The fourth-order valence-electron chi connectivity index (χ4n) is 3.23. The molecule has 2 N–H and O–H groups in total. The number of anilines is 1. The second kappa shape index (κ2) is 4.80. The van der Waals surface area contributed by atoms with Crippen molar-refractivity contribution in [2.75, 3.05) is 5.73 Å². The summed E-state index contributed by atoms with van der Waals surface area (Å²) in [4.78, 5) is 9.74. The number of hydrogen-bond acceptors (Lipinski definition) is 3. The number of para-hydroxylation sites is 4. The molecule has 4 nitrogen and oxygen atoms in total. The molecule has 0 radical (unpaired) electrons. The maximum absolute atomic E-state index is 6.23. The Bertz CT molecular complexity index is 1220. The average molecular weight is 310 g/mol. The molecule has 114 valence electrons. The van der Waals surface area contributed by atoms with Crippen LogP contribution in [0.4, 0.5) is 5.69 Å². The molecular formula is C20H14N4. The monoisotopic (exact) mass is 310 g/mol. The van der Waals surface area contributed by atoms with Gasteiger partial charge in [0.25, 0.3) is 0 Å². The highest BCUT2D eigenvalue weighted by atomic mass is 15.1. The minimum atomic E-state index is 0.708. The molecule has 2 heterocycles. The molecule has 0 aliphatic heterocycles. The molecule has 0 atom stereocenters. The Hall–Kier alpha value is -3.40. The van der Waals surface area contributed by atoms with Gasteiger partial charge >= 0.3 is 0 Å². The van der Waals surface area contributed by atoms with E-state index >= 15 is 0 Å². The van der Waals surface area contributed by atoms with Crippen molar-refractivity contribution in [2.45, 2.75) is 0 Å². The van der Waals surface area contributed by atoms with Crippen molar-refractivity contribution in [3.63, 3.8) is 0 Å². The zero-order valence-corrected chi connectivity index (χ0v) is 12.8. The molecule has 2 aromatic heterocycles. The van der Waals surface area contributed by atoms with E-state index in [1.165, 1.54) is 0 Å². The van der Waals surface area contributed by atoms with Crippen LogP contribution in [0.3, 0.4) is 0 Å². The van der Waals surface area contributed by atoms with Crippen LogP contribution in [-0.2, 0) is 0 Å². The number of nitrogen functional groups attached to an aromatic ring is 1. The summed E-state index contributed by atoms with van der Waals surface area (Å²) in [6.07, 6.45) is 0. The summed E-state index contributed by atoms with van der Waals surface area (Å²) in [5, 5.41) is 1.03. The lowest BCUT2D eigenvalue weighted by Crippen LogP contribution is -2.00. The Morgan fingerprint density at radius 2 is 1.42 bits per heavy atom. The van der Waals surface area contributed by atoms with E-state index in [0.717, 1.165) is 39.0 Å². The second-order valence-corrected chi connectivity index (χ2v) is 5.80. The van der Waals surface area contributed by atoms with Gasteiger partial charge in [0, 0.05) is 16.6 Å². The van der Waals surface area contributed by atoms with Crippen molar-refractivity contribution in [1.82, 2.24) is 14.4 Å². The number of benzene rings is 3. The van der Waals surface area contributed by atoms with Gasteiger partial charge in [0.2, 0.25) is 0 Å². The van der Waals surface area contributed by atoms with Gasteiger partial charge in [0.15, 0.2) is 0 Å². The number of nitrogens with two attached hydrogens (primary N) is 1. The minimum Gasteiger partial charge on any atom is -0.398 e. The van der Waals surface area contributed by atoms with Crippen molar-refractivity contribution >= 4 is 33.3 Å². The Balaban J connectivity index is 2.06. The quantitative estimate of drug-likeness (QED) is 0.470. The molecule has 5 rings (SSSR count). The van der Waals surface area contributed by atoms with Crippen LogP contribution in [0.15, 0.2) is 72.8 Å². The van der Waals surface area contributed by atoms with Crippen LogP contribution in [0.25, 0.3) is 39.0 Å². The third-order valence-corrected chi connectivity index (χ3v) is 4.35. The molecule has 0 saturated heterocycles. The van der Waals surface area contributed by atoms with Gasteiger partial charge in [-0.15, -0.1) is 0 Å². The van der Waals surface area contributed by atoms with E-state index < -0.39 is 0 Å². The summed E-state index contributed by atoms with van der Waals surface area (Å²) in [6, 6.07) is 24.0. The molecule has 0 aliphatic rings. The van der Waals surface area contributed by atoms with Crippen molar-refractivity contribution in [2.24, 2.45) is 0 Å². The highest BCUT2D eigenvalue weighted by Crippen LogP contribution is 2.31. The zero-order valence-electron chi connectivity index (χ0n) is 12.8. The molecule has 5 aromatic rings. The molecular weight excluding hydrogens is 296 g/mol. The number of imidazole rings is 1. The summed E-state index contributed by atoms with van der Waals surface area (Å²) in [5.41, 5.74) is 11.6. The Morgan fingerprint density at radius 1 is 0.708 bits per heavy atom. The molecule has 4 heteroatoms. The summed E-state index contributed by atoms with van der Waals surface area (Å²) < 4.78 is 2.10. The van der Waals surface area contributed by atoms with Crippen LogP contribution >= 0.6 is 0 Å². The summed E-state index contributed by atoms with van der Waals surface area (Å²) >= 11 is 0. The summed E-state index contributed by atoms with van der Waals surface area (Å²) in [5.74, 6) is 0.815. The standard InChI is InChI=1S/C20H14N4/c21-15-9-3-1-7-13(15)19-22-16-10-4-2-8-14(16)20-23-17-11-5-6-12-18(17)24(19)20/h1-12H,21H2. The topological polar surface area (TPSA) is 56.2 Å². The van der Waals surface area contributed by atoms with Crippen LogP contribution in [0.5, 0.6) is 0 Å². The second-order valence-electron chi connectivity index (χ2n) is 5.80. The first-order valence-electron chi connectivity index (χ1n) is 7.84. The van der Waals surface area contributed by atoms with Crippen molar-refractivity contribution in [3.8, 4) is 11.4 Å². The predicted octanol–water partition coefficient (Wildman–Crippen LogP) is 4.28. The summed E-state index contributed by atoms with van der Waals surface area (Å²) in [7, 11) is 0. The first kappa shape index (κ1) is 13.1. The van der Waals surface area contributed by atoms with E-state index in [1.54, 1.807) is 0 Å². The van der Waals surface area contributed by atoms with Gasteiger partial charge in [0.05, 0.1) is 16.6 Å². The van der Waals surface area contributed by atoms with E-state index in [-0.39, 0.29) is 0 Å². The van der Waals surface area contributed by atoms with Crippen molar-refractivity contribution in [3.05, 3.63) is 72.8 Å². The fourth-order valence-corrected chi connectivity index (χ4v) is 3.23. The minimum absolute atomic E-state index is 0.708. The normalized spacial score (nSPS) is 11.5. The summed E-state index contributed by atoms with van der Waals surface area (Å²) in [6.45, 7) is 0. The maximum Gasteiger partial charge on any atom is 0.149 e. The molecule has 0 bridgehead atoms.